The highest BCUT2D eigenvalue weighted by Gasteiger charge is 2.12. The molecule has 2 rings (SSSR count). The second-order valence-corrected chi connectivity index (χ2v) is 7.15. The molecule has 0 aliphatic carbocycles. The quantitative estimate of drug-likeness (QED) is 0.701. The van der Waals surface area contributed by atoms with Crippen molar-refractivity contribution in [1.29, 1.82) is 0 Å². The summed E-state index contributed by atoms with van der Waals surface area (Å²) in [5, 5.41) is 5.61. The zero-order chi connectivity index (χ0) is 15.2. The van der Waals surface area contributed by atoms with Crippen LogP contribution in [0.5, 0.6) is 5.75 Å². The molecular formula is C17H22BrNOS. The van der Waals surface area contributed by atoms with Crippen molar-refractivity contribution in [3.8, 4) is 5.75 Å². The second kappa shape index (κ2) is 7.97. The molecule has 4 heteroatoms. The predicted octanol–water partition coefficient (Wildman–Crippen LogP) is 5.46. The fraction of sp³-hybridized carbons (Fsp3) is 0.412. The average Bonchev–Trinajstić information content (AvgIpc) is 2.88. The van der Waals surface area contributed by atoms with Crippen molar-refractivity contribution >= 4 is 27.3 Å². The molecule has 114 valence electrons. The van der Waals surface area contributed by atoms with Crippen LogP contribution in [0.25, 0.3) is 0 Å². The molecule has 2 nitrogen and oxygen atoms in total. The fourth-order valence-corrected chi connectivity index (χ4v) is 3.54. The summed E-state index contributed by atoms with van der Waals surface area (Å²) in [5.74, 6) is 0.982. The first-order valence-corrected chi connectivity index (χ1v) is 8.97. The molecule has 2 aromatic rings. The smallest absolute Gasteiger partial charge is 0.124 e. The Morgan fingerprint density at radius 2 is 2.14 bits per heavy atom. The minimum absolute atomic E-state index is 0.302. The van der Waals surface area contributed by atoms with E-state index in [1.165, 1.54) is 16.0 Å². The minimum Gasteiger partial charge on any atom is -0.488 e. The molecule has 1 N–H and O–H groups in total. The zero-order valence-corrected chi connectivity index (χ0v) is 15.2. The van der Waals surface area contributed by atoms with Crippen LogP contribution in [0.15, 0.2) is 34.1 Å². The van der Waals surface area contributed by atoms with Gasteiger partial charge in [-0.25, -0.2) is 0 Å². The van der Waals surface area contributed by atoms with E-state index < -0.39 is 0 Å². The fourth-order valence-electron chi connectivity index (χ4n) is 2.17. The van der Waals surface area contributed by atoms with Gasteiger partial charge < -0.3 is 10.1 Å². The maximum Gasteiger partial charge on any atom is 0.124 e. The average molecular weight is 368 g/mol. The van der Waals surface area contributed by atoms with E-state index in [4.69, 9.17) is 4.74 Å². The summed E-state index contributed by atoms with van der Waals surface area (Å²) >= 11 is 5.19. The molecule has 1 heterocycles. The third kappa shape index (κ3) is 4.83. The van der Waals surface area contributed by atoms with E-state index in [0.717, 1.165) is 23.2 Å². The molecule has 1 aromatic heterocycles. The molecular weight excluding hydrogens is 346 g/mol. The highest BCUT2D eigenvalue weighted by molar-refractivity contribution is 9.10. The zero-order valence-electron chi connectivity index (χ0n) is 12.8. The lowest BCUT2D eigenvalue weighted by atomic mass is 10.0. The van der Waals surface area contributed by atoms with Crippen molar-refractivity contribution in [3.05, 3.63) is 50.1 Å². The largest absolute Gasteiger partial charge is 0.488 e. The highest BCUT2D eigenvalue weighted by Crippen LogP contribution is 2.28. The van der Waals surface area contributed by atoms with Crippen LogP contribution in [0.3, 0.4) is 0 Å². The van der Waals surface area contributed by atoms with Gasteiger partial charge in [0.1, 0.15) is 12.4 Å². The third-order valence-corrected chi connectivity index (χ3v) is 5.00. The Morgan fingerprint density at radius 1 is 1.33 bits per heavy atom. The normalized spacial score (nSPS) is 12.4. The number of rotatable bonds is 7. The number of ether oxygens (including phenoxy) is 1. The molecule has 0 aliphatic rings. The molecule has 0 saturated heterocycles. The van der Waals surface area contributed by atoms with E-state index >= 15 is 0 Å². The Labute approximate surface area is 139 Å². The number of hydrogen-bond acceptors (Lipinski definition) is 3. The SMILES string of the molecule is CCCNC(C)c1ccc(C)cc1OCc1cc(Br)cs1. The lowest BCUT2D eigenvalue weighted by Crippen LogP contribution is -2.20. The van der Waals surface area contributed by atoms with Gasteiger partial charge >= 0.3 is 0 Å². The summed E-state index contributed by atoms with van der Waals surface area (Å²) in [6, 6.07) is 8.85. The van der Waals surface area contributed by atoms with Crippen LogP contribution in [0.4, 0.5) is 0 Å². The van der Waals surface area contributed by atoms with Gasteiger partial charge in [-0.1, -0.05) is 19.1 Å². The van der Waals surface area contributed by atoms with Gasteiger partial charge in [0, 0.05) is 26.3 Å². The highest BCUT2D eigenvalue weighted by atomic mass is 79.9. The van der Waals surface area contributed by atoms with E-state index in [1.807, 2.05) is 0 Å². The van der Waals surface area contributed by atoms with E-state index in [-0.39, 0.29) is 0 Å². The van der Waals surface area contributed by atoms with Crippen molar-refractivity contribution in [2.45, 2.75) is 39.8 Å². The van der Waals surface area contributed by atoms with Gasteiger partial charge in [0.25, 0.3) is 0 Å². The van der Waals surface area contributed by atoms with Crippen LogP contribution in [0.2, 0.25) is 0 Å². The first-order chi connectivity index (χ1) is 10.1. The van der Waals surface area contributed by atoms with Gasteiger partial charge in [-0.3, -0.25) is 0 Å². The van der Waals surface area contributed by atoms with Gasteiger partial charge in [-0.15, -0.1) is 11.3 Å². The summed E-state index contributed by atoms with van der Waals surface area (Å²) in [7, 11) is 0. The number of hydrogen-bond donors (Lipinski definition) is 1. The number of thiophene rings is 1. The lowest BCUT2D eigenvalue weighted by Gasteiger charge is -2.18. The summed E-state index contributed by atoms with van der Waals surface area (Å²) in [4.78, 5) is 1.23. The first-order valence-electron chi connectivity index (χ1n) is 7.29. The van der Waals surface area contributed by atoms with Crippen LogP contribution in [0, 0.1) is 6.92 Å². The van der Waals surface area contributed by atoms with Crippen molar-refractivity contribution in [1.82, 2.24) is 5.32 Å². The lowest BCUT2D eigenvalue weighted by molar-refractivity contribution is 0.303. The van der Waals surface area contributed by atoms with E-state index in [0.29, 0.717) is 12.6 Å². The van der Waals surface area contributed by atoms with Crippen molar-refractivity contribution in [2.75, 3.05) is 6.54 Å². The summed E-state index contributed by atoms with van der Waals surface area (Å²) < 4.78 is 7.19. The standard InChI is InChI=1S/C17H22BrNOS/c1-4-7-19-13(3)16-6-5-12(2)8-17(16)20-10-15-9-14(18)11-21-15/h5-6,8-9,11,13,19H,4,7,10H2,1-3H3. The molecule has 1 aromatic carbocycles. The molecule has 0 bridgehead atoms. The van der Waals surface area contributed by atoms with Crippen molar-refractivity contribution in [2.24, 2.45) is 0 Å². The van der Waals surface area contributed by atoms with E-state index in [9.17, 15) is 0 Å². The Balaban J connectivity index is 2.10. The van der Waals surface area contributed by atoms with Crippen LogP contribution in [-0.2, 0) is 6.61 Å². The van der Waals surface area contributed by atoms with Crippen molar-refractivity contribution in [3.63, 3.8) is 0 Å². The number of halogens is 1. The molecule has 0 spiro atoms. The Bertz CT molecular complexity index is 582. The maximum absolute atomic E-state index is 6.07. The Morgan fingerprint density at radius 3 is 2.81 bits per heavy atom. The molecule has 0 radical (unpaired) electrons. The molecule has 1 atom stereocenters. The van der Waals surface area contributed by atoms with Crippen LogP contribution < -0.4 is 10.1 Å². The first kappa shape index (κ1) is 16.5. The second-order valence-electron chi connectivity index (χ2n) is 5.24. The van der Waals surface area contributed by atoms with Crippen LogP contribution in [0.1, 0.15) is 42.3 Å². The van der Waals surface area contributed by atoms with E-state index in [2.05, 4.69) is 71.7 Å². The van der Waals surface area contributed by atoms with Gasteiger partial charge in [-0.2, -0.15) is 0 Å². The summed E-state index contributed by atoms with van der Waals surface area (Å²) in [6.07, 6.45) is 1.13. The van der Waals surface area contributed by atoms with Crippen molar-refractivity contribution < 1.29 is 4.74 Å². The topological polar surface area (TPSA) is 21.3 Å². The molecule has 0 amide bonds. The molecule has 21 heavy (non-hydrogen) atoms. The van der Waals surface area contributed by atoms with Crippen LogP contribution in [-0.4, -0.2) is 6.54 Å². The van der Waals surface area contributed by atoms with Crippen LogP contribution >= 0.6 is 27.3 Å². The van der Waals surface area contributed by atoms with E-state index in [1.54, 1.807) is 11.3 Å². The van der Waals surface area contributed by atoms with Gasteiger partial charge in [-0.05, 0) is 60.4 Å². The predicted molar refractivity (Wildman–Crippen MR) is 94.2 cm³/mol. The van der Waals surface area contributed by atoms with Gasteiger partial charge in [0.2, 0.25) is 0 Å². The third-order valence-electron chi connectivity index (χ3n) is 3.33. The maximum atomic E-state index is 6.07. The molecule has 0 fully saturated rings. The monoisotopic (exact) mass is 367 g/mol. The van der Waals surface area contributed by atoms with Gasteiger partial charge in [0.05, 0.1) is 0 Å². The summed E-state index contributed by atoms with van der Waals surface area (Å²) in [6.45, 7) is 8.11. The summed E-state index contributed by atoms with van der Waals surface area (Å²) in [5.41, 5.74) is 2.45. The Hall–Kier alpha value is -0.840. The number of nitrogens with one attached hydrogen (secondary N) is 1. The van der Waals surface area contributed by atoms with Gasteiger partial charge in [0.15, 0.2) is 0 Å². The number of benzene rings is 1. The molecule has 0 aliphatic heterocycles. The Kier molecular flexibility index (Phi) is 6.27. The number of aryl methyl sites for hydroxylation is 1. The molecule has 1 unspecified atom stereocenters. The molecule has 0 saturated carbocycles. The minimum atomic E-state index is 0.302.